The van der Waals surface area contributed by atoms with E-state index in [0.29, 0.717) is 0 Å². The van der Waals surface area contributed by atoms with E-state index in [2.05, 4.69) is 0 Å². The van der Waals surface area contributed by atoms with Gasteiger partial charge in [0.05, 0.1) is 14.7 Å². The van der Waals surface area contributed by atoms with E-state index in [4.69, 9.17) is 0 Å². The molecule has 7 heteroatoms. The molecule has 0 radical (unpaired) electrons. The van der Waals surface area contributed by atoms with E-state index in [1.165, 1.54) is 20.8 Å². The normalized spacial score (nSPS) is 17.6. The summed E-state index contributed by atoms with van der Waals surface area (Å²) in [5, 5.41) is -0.0208. The lowest BCUT2D eigenvalue weighted by atomic mass is 10.3. The quantitative estimate of drug-likeness (QED) is 0.785. The first-order valence-corrected chi connectivity index (χ1v) is 9.38. The van der Waals surface area contributed by atoms with Gasteiger partial charge in [-0.25, -0.2) is 21.2 Å². The van der Waals surface area contributed by atoms with Crippen molar-refractivity contribution in [3.8, 4) is 0 Å². The van der Waals surface area contributed by atoms with Crippen LogP contribution in [0, 0.1) is 0 Å². The van der Waals surface area contributed by atoms with E-state index in [1.807, 2.05) is 0 Å². The predicted octanol–water partition coefficient (Wildman–Crippen LogP) is 2.49. The van der Waals surface area contributed by atoms with Crippen molar-refractivity contribution in [1.82, 2.24) is 0 Å². The van der Waals surface area contributed by atoms with Gasteiger partial charge in [-0.15, -0.1) is 0 Å². The Morgan fingerprint density at radius 1 is 0.895 bits per heavy atom. The van der Waals surface area contributed by atoms with Crippen LogP contribution in [0.5, 0.6) is 0 Å². The molecule has 19 heavy (non-hydrogen) atoms. The van der Waals surface area contributed by atoms with Gasteiger partial charge in [0, 0.05) is 0 Å². The standard InChI is InChI=1S/C7H14O2S.C5H11FO2S/c1-7(2,3)10(8,9)6-4-5-6;1-5(2,3)9(7,8)4-6/h6H,4-5H2,1-3H3;4H2,1-3H3. The average Bonchev–Trinajstić information content (AvgIpc) is 2.98. The van der Waals surface area contributed by atoms with Crippen molar-refractivity contribution in [3.63, 3.8) is 0 Å². The maximum Gasteiger partial charge on any atom is 0.191 e. The van der Waals surface area contributed by atoms with Crippen LogP contribution in [-0.4, -0.2) is 37.6 Å². The Kier molecular flexibility index (Phi) is 5.62. The summed E-state index contributed by atoms with van der Waals surface area (Å²) < 4.78 is 54.3. The van der Waals surface area contributed by atoms with E-state index >= 15 is 0 Å². The minimum absolute atomic E-state index is 0.0208. The molecule has 0 bridgehead atoms. The molecule has 0 aromatic carbocycles. The van der Waals surface area contributed by atoms with Gasteiger partial charge in [0.15, 0.2) is 25.7 Å². The van der Waals surface area contributed by atoms with Crippen LogP contribution in [0.3, 0.4) is 0 Å². The third kappa shape index (κ3) is 5.02. The number of hydrogen-bond donors (Lipinski definition) is 0. The van der Waals surface area contributed by atoms with Crippen molar-refractivity contribution in [2.75, 3.05) is 6.01 Å². The second kappa shape index (κ2) is 5.68. The van der Waals surface area contributed by atoms with Gasteiger partial charge < -0.3 is 0 Å². The lowest BCUT2D eigenvalue weighted by Crippen LogP contribution is -2.31. The predicted molar refractivity (Wildman–Crippen MR) is 76.3 cm³/mol. The first-order valence-electron chi connectivity index (χ1n) is 6.18. The monoisotopic (exact) mass is 316 g/mol. The zero-order valence-corrected chi connectivity index (χ0v) is 14.2. The van der Waals surface area contributed by atoms with Gasteiger partial charge in [-0.05, 0) is 54.4 Å². The molecule has 4 nitrogen and oxygen atoms in total. The molecule has 0 unspecified atom stereocenters. The Hall–Kier alpha value is -0.170. The molecule has 1 aliphatic carbocycles. The fourth-order valence-electron chi connectivity index (χ4n) is 1.04. The average molecular weight is 316 g/mol. The fourth-order valence-corrected chi connectivity index (χ4v) is 3.13. The van der Waals surface area contributed by atoms with Crippen molar-refractivity contribution < 1.29 is 21.2 Å². The lowest BCUT2D eigenvalue weighted by Gasteiger charge is -2.18. The number of alkyl halides is 1. The molecule has 1 aliphatic rings. The maximum atomic E-state index is 11.7. The van der Waals surface area contributed by atoms with Crippen LogP contribution in [0.2, 0.25) is 0 Å². The van der Waals surface area contributed by atoms with Crippen LogP contribution in [0.4, 0.5) is 4.39 Å². The van der Waals surface area contributed by atoms with Crippen molar-refractivity contribution in [2.45, 2.75) is 69.1 Å². The van der Waals surface area contributed by atoms with E-state index in [9.17, 15) is 21.2 Å². The summed E-state index contributed by atoms with van der Waals surface area (Å²) in [4.78, 5) is 0. The second-order valence-corrected chi connectivity index (χ2v) is 12.3. The Bertz CT molecular complexity index is 489. The van der Waals surface area contributed by atoms with Crippen LogP contribution < -0.4 is 0 Å². The highest BCUT2D eigenvalue weighted by molar-refractivity contribution is 7.93. The molecular weight excluding hydrogens is 291 g/mol. The Morgan fingerprint density at radius 2 is 1.26 bits per heavy atom. The number of rotatable bonds is 2. The molecular formula is C12H25FO4S2. The zero-order chi connectivity index (χ0) is 15.7. The SMILES string of the molecule is CC(C)(C)S(=O)(=O)C1CC1.CC(C)(C)S(=O)(=O)CF. The zero-order valence-electron chi connectivity index (χ0n) is 12.5. The topological polar surface area (TPSA) is 68.3 Å². The molecule has 0 atom stereocenters. The Balaban J connectivity index is 0.000000344. The molecule has 0 amide bonds. The molecule has 0 N–H and O–H groups in total. The van der Waals surface area contributed by atoms with Crippen LogP contribution >= 0.6 is 0 Å². The summed E-state index contributed by atoms with van der Waals surface area (Å²) >= 11 is 0. The van der Waals surface area contributed by atoms with Crippen molar-refractivity contribution in [1.29, 1.82) is 0 Å². The van der Waals surface area contributed by atoms with Gasteiger partial charge in [-0.1, -0.05) is 0 Å². The minimum Gasteiger partial charge on any atom is -0.234 e. The Morgan fingerprint density at radius 3 is 1.32 bits per heavy atom. The molecule has 0 heterocycles. The third-order valence-electron chi connectivity index (χ3n) is 2.89. The molecule has 0 saturated heterocycles. The molecule has 0 aromatic rings. The summed E-state index contributed by atoms with van der Waals surface area (Å²) in [6.07, 6.45) is 1.75. The van der Waals surface area contributed by atoms with Crippen molar-refractivity contribution in [2.24, 2.45) is 0 Å². The number of hydrogen-bond acceptors (Lipinski definition) is 4. The lowest BCUT2D eigenvalue weighted by molar-refractivity contribution is 0.509. The highest BCUT2D eigenvalue weighted by atomic mass is 32.2. The van der Waals surface area contributed by atoms with Gasteiger partial charge in [0.25, 0.3) is 0 Å². The molecule has 0 spiro atoms. The van der Waals surface area contributed by atoms with Crippen LogP contribution in [0.25, 0.3) is 0 Å². The Labute approximate surface area is 116 Å². The van der Waals surface area contributed by atoms with Crippen LogP contribution in [-0.2, 0) is 19.7 Å². The van der Waals surface area contributed by atoms with Crippen molar-refractivity contribution in [3.05, 3.63) is 0 Å². The largest absolute Gasteiger partial charge is 0.234 e. The first kappa shape index (κ1) is 18.8. The number of sulfone groups is 2. The van der Waals surface area contributed by atoms with Gasteiger partial charge in [-0.3, -0.25) is 0 Å². The van der Waals surface area contributed by atoms with E-state index in [0.717, 1.165) is 12.8 Å². The number of halogens is 1. The van der Waals surface area contributed by atoms with E-state index < -0.39 is 35.2 Å². The highest BCUT2D eigenvalue weighted by Crippen LogP contribution is 2.35. The van der Waals surface area contributed by atoms with Crippen LogP contribution in [0.1, 0.15) is 54.4 Å². The summed E-state index contributed by atoms with van der Waals surface area (Å²) in [5.74, 6) is 0. The van der Waals surface area contributed by atoms with E-state index in [-0.39, 0.29) is 5.25 Å². The third-order valence-corrected chi connectivity index (χ3v) is 8.10. The molecule has 1 fully saturated rings. The maximum absolute atomic E-state index is 11.7. The first-order chi connectivity index (χ1) is 8.17. The molecule has 116 valence electrons. The van der Waals surface area contributed by atoms with Gasteiger partial charge in [-0.2, -0.15) is 0 Å². The highest BCUT2D eigenvalue weighted by Gasteiger charge is 2.43. The van der Waals surface area contributed by atoms with Crippen LogP contribution in [0.15, 0.2) is 0 Å². The summed E-state index contributed by atoms with van der Waals surface area (Å²) in [7, 11) is -6.31. The van der Waals surface area contributed by atoms with E-state index in [1.54, 1.807) is 20.8 Å². The summed E-state index contributed by atoms with van der Waals surface area (Å²) in [5.41, 5.74) is 0. The molecule has 0 aliphatic heterocycles. The fraction of sp³-hybridized carbons (Fsp3) is 1.00. The van der Waals surface area contributed by atoms with Gasteiger partial charge in [0.1, 0.15) is 0 Å². The van der Waals surface area contributed by atoms with Gasteiger partial charge in [0.2, 0.25) is 0 Å². The summed E-state index contributed by atoms with van der Waals surface area (Å²) in [6, 6.07) is -1.27. The molecule has 1 saturated carbocycles. The summed E-state index contributed by atoms with van der Waals surface area (Å²) in [6.45, 7) is 9.72. The molecule has 1 rings (SSSR count). The van der Waals surface area contributed by atoms with Gasteiger partial charge >= 0.3 is 0 Å². The minimum atomic E-state index is -3.50. The molecule has 0 aromatic heterocycles. The van der Waals surface area contributed by atoms with Crippen molar-refractivity contribution >= 4 is 19.7 Å². The second-order valence-electron chi connectivity index (χ2n) is 6.69. The smallest absolute Gasteiger partial charge is 0.191 e.